The fourth-order valence-electron chi connectivity index (χ4n) is 0.984. The van der Waals surface area contributed by atoms with Gasteiger partial charge in [0.05, 0.1) is 5.71 Å². The first kappa shape index (κ1) is 9.54. The number of dihydropyridines is 1. The molecule has 2 aliphatic heterocycles. The van der Waals surface area contributed by atoms with E-state index in [-0.39, 0.29) is 23.9 Å². The molecule has 0 aromatic heterocycles. The number of aliphatic imine (C=N–C) groups is 2. The highest BCUT2D eigenvalue weighted by Gasteiger charge is 2.20. The van der Waals surface area contributed by atoms with Crippen LogP contribution in [0.25, 0.3) is 0 Å². The third-order valence-electron chi connectivity index (χ3n) is 1.52. The first-order valence-corrected chi connectivity index (χ1v) is 3.37. The van der Waals surface area contributed by atoms with Crippen LogP contribution in [-0.2, 0) is 9.59 Å². The number of ketones is 1. The van der Waals surface area contributed by atoms with Crippen LogP contribution in [0.3, 0.4) is 0 Å². The summed E-state index contributed by atoms with van der Waals surface area (Å²) in [5.41, 5.74) is 0.604. The van der Waals surface area contributed by atoms with Crippen LogP contribution in [0.5, 0.6) is 0 Å². The minimum Gasteiger partial charge on any atom is -0.287 e. The predicted octanol–water partition coefficient (Wildman–Crippen LogP) is 0.483. The maximum absolute atomic E-state index is 11.1. The molecule has 2 rings (SSSR count). The molecule has 0 saturated carbocycles. The number of hydrogen-bond donors (Lipinski definition) is 0. The Balaban J connectivity index is 0.000000845. The summed E-state index contributed by atoms with van der Waals surface area (Å²) < 4.78 is 0. The highest BCUT2D eigenvalue weighted by molar-refractivity contribution is 6.73. The minimum atomic E-state index is -0.410. The summed E-state index contributed by atoms with van der Waals surface area (Å²) in [4.78, 5) is 29.3. The minimum absolute atomic E-state index is 0. The summed E-state index contributed by atoms with van der Waals surface area (Å²) in [5, 5.41) is 0. The second-order valence-electron chi connectivity index (χ2n) is 2.33. The van der Waals surface area contributed by atoms with E-state index in [1.807, 2.05) is 0 Å². The second kappa shape index (κ2) is 3.45. The molecule has 0 fully saturated rings. The maximum Gasteiger partial charge on any atom is 0.270 e. The molecule has 0 aliphatic carbocycles. The van der Waals surface area contributed by atoms with Gasteiger partial charge in [0.2, 0.25) is 5.78 Å². The van der Waals surface area contributed by atoms with Crippen LogP contribution in [0.2, 0.25) is 0 Å². The van der Waals surface area contributed by atoms with E-state index in [0.29, 0.717) is 5.71 Å². The topological polar surface area (TPSA) is 58.9 Å². The van der Waals surface area contributed by atoms with Crippen molar-refractivity contribution in [1.29, 1.82) is 0 Å². The molecular formula is C8H5ClN2O2. The maximum atomic E-state index is 11.1. The normalized spacial score (nSPS) is 18.8. The van der Waals surface area contributed by atoms with Gasteiger partial charge < -0.3 is 0 Å². The number of halogens is 1. The molecule has 1 amide bonds. The number of fused-ring (bicyclic) bond motifs is 1. The molecule has 2 aliphatic rings. The highest BCUT2D eigenvalue weighted by atomic mass is 35.5. The number of carbonyl (C=O) groups is 2. The monoisotopic (exact) mass is 196 g/mol. The van der Waals surface area contributed by atoms with E-state index in [0.717, 1.165) is 0 Å². The lowest BCUT2D eigenvalue weighted by atomic mass is 10.1. The van der Waals surface area contributed by atoms with Crippen LogP contribution in [-0.4, -0.2) is 23.1 Å². The van der Waals surface area contributed by atoms with Crippen molar-refractivity contribution < 1.29 is 9.59 Å². The zero-order valence-corrected chi connectivity index (χ0v) is 7.25. The van der Waals surface area contributed by atoms with Crippen LogP contribution < -0.4 is 0 Å². The molecule has 4 nitrogen and oxygen atoms in total. The molecular weight excluding hydrogens is 192 g/mol. The van der Waals surface area contributed by atoms with Crippen LogP contribution in [0, 0.1) is 0 Å². The van der Waals surface area contributed by atoms with Gasteiger partial charge in [-0.15, -0.1) is 12.4 Å². The van der Waals surface area contributed by atoms with Crippen molar-refractivity contribution in [1.82, 2.24) is 0 Å². The Kier molecular flexibility index (Phi) is 2.53. The Bertz CT molecular complexity index is 391. The lowest BCUT2D eigenvalue weighted by Gasteiger charge is -2.07. The fourth-order valence-corrected chi connectivity index (χ4v) is 0.984. The molecule has 0 bridgehead atoms. The first-order valence-electron chi connectivity index (χ1n) is 3.37. The zero-order valence-electron chi connectivity index (χ0n) is 6.43. The quantitative estimate of drug-likeness (QED) is 0.566. The summed E-state index contributed by atoms with van der Waals surface area (Å²) in [6.07, 6.45) is 5.46. The molecule has 0 radical (unpaired) electrons. The van der Waals surface area contributed by atoms with Gasteiger partial charge in [-0.1, -0.05) is 0 Å². The summed E-state index contributed by atoms with van der Waals surface area (Å²) in [5.74, 6) is -0.676. The number of allylic oxidation sites excluding steroid dienone is 2. The van der Waals surface area contributed by atoms with Crippen LogP contribution in [0.4, 0.5) is 0 Å². The third kappa shape index (κ3) is 1.62. The first-order chi connectivity index (χ1) is 5.77. The van der Waals surface area contributed by atoms with Crippen molar-refractivity contribution in [2.24, 2.45) is 9.98 Å². The molecule has 13 heavy (non-hydrogen) atoms. The average molecular weight is 197 g/mol. The SMILES string of the molecule is Cl.O=C1C=CC2=NC=CC(=O)C2=N1. The molecule has 2 heterocycles. The Morgan fingerprint density at radius 3 is 2.62 bits per heavy atom. The number of nitrogens with zero attached hydrogens (tertiary/aromatic N) is 2. The molecule has 0 aromatic carbocycles. The molecule has 0 atom stereocenters. The van der Waals surface area contributed by atoms with Crippen molar-refractivity contribution in [3.8, 4) is 0 Å². The van der Waals surface area contributed by atoms with Gasteiger partial charge in [0.25, 0.3) is 5.91 Å². The van der Waals surface area contributed by atoms with Crippen LogP contribution in [0.15, 0.2) is 34.4 Å². The molecule has 0 N–H and O–H groups in total. The van der Waals surface area contributed by atoms with E-state index in [4.69, 9.17) is 0 Å². The second-order valence-corrected chi connectivity index (χ2v) is 2.33. The number of rotatable bonds is 0. The molecule has 0 aromatic rings. The smallest absolute Gasteiger partial charge is 0.270 e. The van der Waals surface area contributed by atoms with Gasteiger partial charge in [-0.2, -0.15) is 0 Å². The van der Waals surface area contributed by atoms with Gasteiger partial charge >= 0.3 is 0 Å². The van der Waals surface area contributed by atoms with Gasteiger partial charge in [-0.3, -0.25) is 14.6 Å². The largest absolute Gasteiger partial charge is 0.287 e. The summed E-state index contributed by atoms with van der Waals surface area (Å²) >= 11 is 0. The molecule has 0 saturated heterocycles. The Morgan fingerprint density at radius 2 is 1.85 bits per heavy atom. The van der Waals surface area contributed by atoms with Gasteiger partial charge in [0, 0.05) is 18.4 Å². The average Bonchev–Trinajstić information content (AvgIpc) is 2.07. The van der Waals surface area contributed by atoms with Crippen molar-refractivity contribution in [2.45, 2.75) is 0 Å². The van der Waals surface area contributed by atoms with Crippen molar-refractivity contribution in [3.63, 3.8) is 0 Å². The highest BCUT2D eigenvalue weighted by Crippen LogP contribution is 2.04. The van der Waals surface area contributed by atoms with Gasteiger partial charge in [0.1, 0.15) is 5.71 Å². The summed E-state index contributed by atoms with van der Waals surface area (Å²) in [6, 6.07) is 0. The number of hydrogen-bond acceptors (Lipinski definition) is 3. The van der Waals surface area contributed by atoms with E-state index < -0.39 is 5.91 Å². The van der Waals surface area contributed by atoms with E-state index in [1.165, 1.54) is 24.4 Å². The molecule has 0 spiro atoms. The van der Waals surface area contributed by atoms with E-state index in [9.17, 15) is 9.59 Å². The van der Waals surface area contributed by atoms with E-state index in [1.54, 1.807) is 0 Å². The van der Waals surface area contributed by atoms with E-state index in [2.05, 4.69) is 9.98 Å². The fraction of sp³-hybridized carbons (Fsp3) is 0. The summed E-state index contributed by atoms with van der Waals surface area (Å²) in [7, 11) is 0. The number of carbonyl (C=O) groups excluding carboxylic acids is 2. The van der Waals surface area contributed by atoms with Crippen molar-refractivity contribution in [2.75, 3.05) is 0 Å². The number of amides is 1. The Hall–Kier alpha value is -1.55. The van der Waals surface area contributed by atoms with Crippen LogP contribution in [0.1, 0.15) is 0 Å². The molecule has 66 valence electrons. The predicted molar refractivity (Wildman–Crippen MR) is 50.4 cm³/mol. The third-order valence-corrected chi connectivity index (χ3v) is 1.52. The standard InChI is InChI=1S/C8H4N2O2.ClH/c11-6-3-4-9-5-1-2-7(12)10-8(5)6;/h1-4H;1H. The van der Waals surface area contributed by atoms with Gasteiger partial charge in [-0.05, 0) is 6.08 Å². The summed E-state index contributed by atoms with van der Waals surface area (Å²) in [6.45, 7) is 0. The zero-order chi connectivity index (χ0) is 8.55. The van der Waals surface area contributed by atoms with Crippen molar-refractivity contribution in [3.05, 3.63) is 24.4 Å². The molecule has 5 heteroatoms. The van der Waals surface area contributed by atoms with Crippen molar-refractivity contribution >= 4 is 35.5 Å². The van der Waals surface area contributed by atoms with Crippen LogP contribution >= 0.6 is 12.4 Å². The molecule has 0 unspecified atom stereocenters. The lowest BCUT2D eigenvalue weighted by molar-refractivity contribution is -0.114. The van der Waals surface area contributed by atoms with Gasteiger partial charge in [-0.25, -0.2) is 4.99 Å². The lowest BCUT2D eigenvalue weighted by Crippen LogP contribution is -2.27. The van der Waals surface area contributed by atoms with Gasteiger partial charge in [0.15, 0.2) is 0 Å². The van der Waals surface area contributed by atoms with E-state index >= 15 is 0 Å². The Morgan fingerprint density at radius 1 is 1.08 bits per heavy atom. The Labute approximate surface area is 80.2 Å².